The van der Waals surface area contributed by atoms with Gasteiger partial charge in [0.25, 0.3) is 0 Å². The molecule has 0 bridgehead atoms. The number of rotatable bonds is 4. The number of carboxylic acids is 1. The Morgan fingerprint density at radius 1 is 1.21 bits per heavy atom. The van der Waals surface area contributed by atoms with Crippen LogP contribution in [0.4, 0.5) is 5.69 Å². The van der Waals surface area contributed by atoms with Crippen molar-refractivity contribution < 1.29 is 23.1 Å². The molecule has 0 saturated carbocycles. The van der Waals surface area contributed by atoms with Crippen molar-refractivity contribution in [3.8, 4) is 0 Å². The van der Waals surface area contributed by atoms with E-state index in [4.69, 9.17) is 0 Å². The number of sulfone groups is 1. The first kappa shape index (κ1) is 17.0. The van der Waals surface area contributed by atoms with E-state index in [-0.39, 0.29) is 35.6 Å². The molecule has 0 aromatic heterocycles. The molecule has 2 heterocycles. The summed E-state index contributed by atoms with van der Waals surface area (Å²) in [6.07, 6.45) is -0.616. The molecule has 7 nitrogen and oxygen atoms in total. The number of benzene rings is 1. The van der Waals surface area contributed by atoms with E-state index in [0.29, 0.717) is 5.17 Å². The zero-order valence-corrected chi connectivity index (χ0v) is 14.3. The van der Waals surface area contributed by atoms with E-state index < -0.39 is 21.7 Å². The van der Waals surface area contributed by atoms with Gasteiger partial charge < -0.3 is 14.8 Å². The first-order valence-electron chi connectivity index (χ1n) is 7.38. The number of aliphatic carboxylic acids is 1. The molecule has 0 unspecified atom stereocenters. The number of amidine groups is 1. The quantitative estimate of drug-likeness (QED) is 0.726. The molecule has 24 heavy (non-hydrogen) atoms. The highest BCUT2D eigenvalue weighted by Crippen LogP contribution is 2.40. The van der Waals surface area contributed by atoms with Crippen molar-refractivity contribution in [1.82, 2.24) is 0 Å². The zero-order valence-electron chi connectivity index (χ0n) is 12.6. The lowest BCUT2D eigenvalue weighted by Gasteiger charge is -2.24. The molecule has 128 valence electrons. The van der Waals surface area contributed by atoms with Gasteiger partial charge in [0.05, 0.1) is 17.5 Å². The monoisotopic (exact) mass is 367 g/mol. The molecule has 1 amide bonds. The maximum absolute atomic E-state index is 11.9. The van der Waals surface area contributed by atoms with Gasteiger partial charge >= 0.3 is 0 Å². The van der Waals surface area contributed by atoms with E-state index in [9.17, 15) is 23.1 Å². The summed E-state index contributed by atoms with van der Waals surface area (Å²) in [5.74, 6) is -1.78. The van der Waals surface area contributed by atoms with Crippen LogP contribution < -0.4 is 10.0 Å². The van der Waals surface area contributed by atoms with E-state index in [1.807, 2.05) is 30.3 Å². The number of carbonyl (C=O) groups excluding carboxylic acids is 2. The minimum Gasteiger partial charge on any atom is -0.550 e. The van der Waals surface area contributed by atoms with Gasteiger partial charge in [-0.15, -0.1) is 0 Å². The van der Waals surface area contributed by atoms with Crippen LogP contribution in [0.15, 0.2) is 35.3 Å². The molecular formula is C15H15N2O5S2-. The van der Waals surface area contributed by atoms with Crippen molar-refractivity contribution in [3.63, 3.8) is 0 Å². The van der Waals surface area contributed by atoms with Gasteiger partial charge in [-0.3, -0.25) is 4.79 Å². The van der Waals surface area contributed by atoms with Gasteiger partial charge in [-0.1, -0.05) is 30.0 Å². The number of anilines is 1. The summed E-state index contributed by atoms with van der Waals surface area (Å²) in [6, 6.07) is 8.88. The van der Waals surface area contributed by atoms with Crippen LogP contribution in [0.3, 0.4) is 0 Å². The average Bonchev–Trinajstić information content (AvgIpc) is 2.97. The molecule has 9 heteroatoms. The molecule has 2 saturated heterocycles. The second-order valence-corrected chi connectivity index (χ2v) is 9.03. The molecule has 2 aliphatic rings. The summed E-state index contributed by atoms with van der Waals surface area (Å²) >= 11 is 1.26. The molecule has 0 aliphatic carbocycles. The number of para-hydroxylation sites is 1. The Hall–Kier alpha value is -1.87. The van der Waals surface area contributed by atoms with Crippen LogP contribution in [0.5, 0.6) is 0 Å². The number of amides is 1. The predicted octanol–water partition coefficient (Wildman–Crippen LogP) is -0.182. The maximum atomic E-state index is 11.9. The third kappa shape index (κ3) is 3.62. The number of fused-ring (bicyclic) bond motifs is 1. The van der Waals surface area contributed by atoms with Gasteiger partial charge in [-0.05, 0) is 18.6 Å². The van der Waals surface area contributed by atoms with Gasteiger partial charge in [0.2, 0.25) is 5.91 Å². The molecule has 2 fully saturated rings. The van der Waals surface area contributed by atoms with Gasteiger partial charge in [-0.2, -0.15) is 4.99 Å². The van der Waals surface area contributed by atoms with Crippen LogP contribution in [0, 0.1) is 0 Å². The topological polar surface area (TPSA) is 107 Å². The van der Waals surface area contributed by atoms with Crippen LogP contribution in [0.25, 0.3) is 0 Å². The molecule has 1 aromatic carbocycles. The Labute approximate surface area is 143 Å². The fourth-order valence-corrected chi connectivity index (χ4v) is 6.76. The first-order chi connectivity index (χ1) is 11.4. The SMILES string of the molecule is O=C([O-])CCC(=O)N=C1S[C@H]2CS(=O)(=O)C[C@H]2N1c1ccccc1. The Morgan fingerprint density at radius 3 is 2.58 bits per heavy atom. The van der Waals surface area contributed by atoms with Crippen LogP contribution in [0.2, 0.25) is 0 Å². The number of carboxylic acid groups (broad SMARTS) is 1. The maximum Gasteiger partial charge on any atom is 0.248 e. The Kier molecular flexibility index (Phi) is 4.64. The third-order valence-corrected chi connectivity index (χ3v) is 7.07. The zero-order chi connectivity index (χ0) is 17.3. The number of hydrogen-bond acceptors (Lipinski definition) is 6. The molecule has 0 spiro atoms. The molecule has 0 N–H and O–H groups in total. The van der Waals surface area contributed by atoms with Gasteiger partial charge in [-0.25, -0.2) is 8.42 Å². The number of nitrogens with zero attached hydrogens (tertiary/aromatic N) is 2. The fourth-order valence-electron chi connectivity index (χ4n) is 2.83. The summed E-state index contributed by atoms with van der Waals surface area (Å²) in [5, 5.41) is 10.7. The first-order valence-corrected chi connectivity index (χ1v) is 10.1. The molecule has 2 atom stereocenters. The molecule has 3 rings (SSSR count). The second-order valence-electron chi connectivity index (χ2n) is 5.67. The van der Waals surface area contributed by atoms with E-state index in [1.165, 1.54) is 11.8 Å². The highest BCUT2D eigenvalue weighted by atomic mass is 32.2. The highest BCUT2D eigenvalue weighted by Gasteiger charge is 2.49. The Balaban J connectivity index is 1.89. The van der Waals surface area contributed by atoms with E-state index in [1.54, 1.807) is 4.90 Å². The second kappa shape index (κ2) is 6.56. The summed E-state index contributed by atoms with van der Waals surface area (Å²) in [7, 11) is -3.11. The largest absolute Gasteiger partial charge is 0.550 e. The summed E-state index contributed by atoms with van der Waals surface area (Å²) in [4.78, 5) is 28.1. The van der Waals surface area contributed by atoms with Gasteiger partial charge in [0, 0.05) is 23.3 Å². The highest BCUT2D eigenvalue weighted by molar-refractivity contribution is 8.16. The van der Waals surface area contributed by atoms with Crippen LogP contribution in [0.1, 0.15) is 12.8 Å². The van der Waals surface area contributed by atoms with E-state index in [2.05, 4.69) is 4.99 Å². The number of aliphatic imine (C=N–C) groups is 1. The average molecular weight is 367 g/mol. The minimum atomic E-state index is -3.11. The smallest absolute Gasteiger partial charge is 0.248 e. The standard InChI is InChI=1S/C15H16N2O5S2/c18-13(6-7-14(19)20)16-15-17(10-4-2-1-3-5-10)11-8-24(21,22)9-12(11)23-15/h1-5,11-12H,6-9H2,(H,19,20)/p-1/t11-,12+/m1/s1. The van der Waals surface area contributed by atoms with Gasteiger partial charge in [0.15, 0.2) is 15.0 Å². The predicted molar refractivity (Wildman–Crippen MR) is 89.4 cm³/mol. The van der Waals surface area contributed by atoms with Gasteiger partial charge in [0.1, 0.15) is 0 Å². The van der Waals surface area contributed by atoms with E-state index >= 15 is 0 Å². The Bertz CT molecular complexity index is 791. The number of carbonyl (C=O) groups is 2. The van der Waals surface area contributed by atoms with Crippen molar-refractivity contribution in [2.75, 3.05) is 16.4 Å². The third-order valence-electron chi connectivity index (χ3n) is 3.86. The Morgan fingerprint density at radius 2 is 1.92 bits per heavy atom. The van der Waals surface area contributed by atoms with Crippen molar-refractivity contribution in [2.45, 2.75) is 24.1 Å². The van der Waals surface area contributed by atoms with E-state index in [0.717, 1.165) is 5.69 Å². The van der Waals surface area contributed by atoms with Crippen molar-refractivity contribution in [1.29, 1.82) is 0 Å². The van der Waals surface area contributed by atoms with Crippen LogP contribution in [-0.4, -0.2) is 48.3 Å². The molecular weight excluding hydrogens is 352 g/mol. The summed E-state index contributed by atoms with van der Waals surface area (Å²) in [5.41, 5.74) is 0.765. The molecule has 2 aliphatic heterocycles. The van der Waals surface area contributed by atoms with Crippen molar-refractivity contribution >= 4 is 44.3 Å². The summed E-state index contributed by atoms with van der Waals surface area (Å²) < 4.78 is 23.8. The molecule has 1 aromatic rings. The number of hydrogen-bond donors (Lipinski definition) is 0. The van der Waals surface area contributed by atoms with Crippen LogP contribution >= 0.6 is 11.8 Å². The lowest BCUT2D eigenvalue weighted by atomic mass is 10.2. The number of thioether (sulfide) groups is 1. The lowest BCUT2D eigenvalue weighted by Crippen LogP contribution is -2.37. The van der Waals surface area contributed by atoms with Crippen molar-refractivity contribution in [2.24, 2.45) is 4.99 Å². The minimum absolute atomic E-state index is 0.0197. The van der Waals surface area contributed by atoms with Crippen molar-refractivity contribution in [3.05, 3.63) is 30.3 Å². The lowest BCUT2D eigenvalue weighted by molar-refractivity contribution is -0.305. The molecule has 0 radical (unpaired) electrons. The summed E-state index contributed by atoms with van der Waals surface area (Å²) in [6.45, 7) is 0. The fraction of sp³-hybridized carbons (Fsp3) is 0.400. The normalized spacial score (nSPS) is 26.5. The van der Waals surface area contributed by atoms with Crippen LogP contribution in [-0.2, 0) is 19.4 Å².